The first kappa shape index (κ1) is 15.0. The summed E-state index contributed by atoms with van der Waals surface area (Å²) in [5.41, 5.74) is 1.67. The summed E-state index contributed by atoms with van der Waals surface area (Å²) in [4.78, 5) is 25.1. The maximum absolute atomic E-state index is 12.8. The maximum Gasteiger partial charge on any atom is 0.346 e. The van der Waals surface area contributed by atoms with E-state index in [0.717, 1.165) is 5.56 Å². The van der Waals surface area contributed by atoms with E-state index in [0.29, 0.717) is 16.5 Å². The fourth-order valence-electron chi connectivity index (χ4n) is 2.48. The van der Waals surface area contributed by atoms with Gasteiger partial charge in [0.25, 0.3) is 0 Å². The average molecular weight is 308 g/mol. The number of hydrogen-bond acceptors (Lipinski definition) is 4. The summed E-state index contributed by atoms with van der Waals surface area (Å²) in [5, 5.41) is 0.373. The van der Waals surface area contributed by atoms with E-state index in [1.54, 1.807) is 31.2 Å². The lowest BCUT2D eigenvalue weighted by Crippen LogP contribution is -2.19. The van der Waals surface area contributed by atoms with Gasteiger partial charge in [-0.25, -0.2) is 4.79 Å². The molecule has 1 heterocycles. The smallest absolute Gasteiger partial charge is 0.346 e. The monoisotopic (exact) mass is 308 g/mol. The van der Waals surface area contributed by atoms with Crippen LogP contribution in [0.1, 0.15) is 22.8 Å². The van der Waals surface area contributed by atoms with Crippen LogP contribution in [0.5, 0.6) is 0 Å². The Morgan fingerprint density at radius 3 is 2.57 bits per heavy atom. The van der Waals surface area contributed by atoms with Crippen molar-refractivity contribution in [2.45, 2.75) is 13.8 Å². The summed E-state index contributed by atoms with van der Waals surface area (Å²) in [6, 6.07) is 14.4. The standard InChI is InChI=1S/C19H16O4/c1-3-22-19(21)16-17(20)14-10-9-12(2)11-15(14)23-18(16)13-7-5-4-6-8-13/h4-11H,3H2,1-2H3. The van der Waals surface area contributed by atoms with Gasteiger partial charge in [0, 0.05) is 5.56 Å². The lowest BCUT2D eigenvalue weighted by Gasteiger charge is -2.10. The minimum Gasteiger partial charge on any atom is -0.462 e. The Hall–Kier alpha value is -2.88. The lowest BCUT2D eigenvalue weighted by atomic mass is 10.0. The minimum absolute atomic E-state index is 0.0607. The first-order valence-electron chi connectivity index (χ1n) is 7.42. The Kier molecular flexibility index (Phi) is 3.98. The van der Waals surface area contributed by atoms with Gasteiger partial charge in [-0.2, -0.15) is 0 Å². The molecular formula is C19H16O4. The summed E-state index contributed by atoms with van der Waals surface area (Å²) in [7, 11) is 0. The van der Waals surface area contributed by atoms with Crippen molar-refractivity contribution in [1.82, 2.24) is 0 Å². The molecule has 0 aliphatic rings. The first-order chi connectivity index (χ1) is 11.1. The van der Waals surface area contributed by atoms with E-state index in [1.807, 2.05) is 31.2 Å². The van der Waals surface area contributed by atoms with E-state index in [4.69, 9.17) is 9.15 Å². The molecule has 0 aliphatic carbocycles. The third-order valence-electron chi connectivity index (χ3n) is 3.56. The Labute approximate surface area is 133 Å². The molecule has 0 amide bonds. The van der Waals surface area contributed by atoms with Gasteiger partial charge in [-0.15, -0.1) is 0 Å². The largest absolute Gasteiger partial charge is 0.462 e. The molecule has 4 heteroatoms. The zero-order valence-electron chi connectivity index (χ0n) is 13.0. The highest BCUT2D eigenvalue weighted by Crippen LogP contribution is 2.26. The van der Waals surface area contributed by atoms with E-state index >= 15 is 0 Å². The SMILES string of the molecule is CCOC(=O)c1c(-c2ccccc2)oc2cc(C)ccc2c1=O. The third-order valence-corrected chi connectivity index (χ3v) is 3.56. The quantitative estimate of drug-likeness (QED) is 0.688. The van der Waals surface area contributed by atoms with Gasteiger partial charge in [-0.3, -0.25) is 4.79 Å². The predicted octanol–water partition coefficient (Wildman–Crippen LogP) is 3.95. The molecule has 3 rings (SSSR count). The van der Waals surface area contributed by atoms with Gasteiger partial charge < -0.3 is 9.15 Å². The Morgan fingerprint density at radius 1 is 1.13 bits per heavy atom. The van der Waals surface area contributed by atoms with Crippen LogP contribution in [0.3, 0.4) is 0 Å². The minimum atomic E-state index is -0.664. The first-order valence-corrected chi connectivity index (χ1v) is 7.42. The molecule has 0 spiro atoms. The molecular weight excluding hydrogens is 292 g/mol. The van der Waals surface area contributed by atoms with Crippen molar-refractivity contribution in [3.8, 4) is 11.3 Å². The molecule has 23 heavy (non-hydrogen) atoms. The summed E-state index contributed by atoms with van der Waals surface area (Å²) in [5.74, 6) is -0.422. The number of benzene rings is 2. The Morgan fingerprint density at radius 2 is 1.87 bits per heavy atom. The molecule has 0 fully saturated rings. The molecule has 0 saturated heterocycles. The predicted molar refractivity (Wildman–Crippen MR) is 88.6 cm³/mol. The summed E-state index contributed by atoms with van der Waals surface area (Å²) in [6.45, 7) is 3.81. The second-order valence-electron chi connectivity index (χ2n) is 5.22. The highest BCUT2D eigenvalue weighted by Gasteiger charge is 2.23. The van der Waals surface area contributed by atoms with E-state index < -0.39 is 5.97 Å². The van der Waals surface area contributed by atoms with Gasteiger partial charge in [0.15, 0.2) is 11.3 Å². The molecule has 1 aromatic heterocycles. The fourth-order valence-corrected chi connectivity index (χ4v) is 2.48. The number of esters is 1. The zero-order chi connectivity index (χ0) is 16.4. The van der Waals surface area contributed by atoms with Crippen LogP contribution in [-0.2, 0) is 4.74 Å². The number of hydrogen-bond donors (Lipinski definition) is 0. The third kappa shape index (κ3) is 2.75. The summed E-state index contributed by atoms with van der Waals surface area (Å²) < 4.78 is 11.0. The second-order valence-corrected chi connectivity index (χ2v) is 5.22. The van der Waals surface area contributed by atoms with Crippen molar-refractivity contribution >= 4 is 16.9 Å². The van der Waals surface area contributed by atoms with Gasteiger partial charge in [0.2, 0.25) is 5.43 Å². The number of carbonyl (C=O) groups is 1. The van der Waals surface area contributed by atoms with Crippen molar-refractivity contribution in [3.05, 3.63) is 69.9 Å². The van der Waals surface area contributed by atoms with Crippen molar-refractivity contribution in [3.63, 3.8) is 0 Å². The van der Waals surface area contributed by atoms with Gasteiger partial charge in [0.1, 0.15) is 5.58 Å². The molecule has 3 aromatic rings. The summed E-state index contributed by atoms with van der Waals surface area (Å²) >= 11 is 0. The van der Waals surface area contributed by atoms with Crippen LogP contribution in [0.15, 0.2) is 57.7 Å². The van der Waals surface area contributed by atoms with Crippen LogP contribution in [0.25, 0.3) is 22.3 Å². The summed E-state index contributed by atoms with van der Waals surface area (Å²) in [6.07, 6.45) is 0. The van der Waals surface area contributed by atoms with E-state index in [2.05, 4.69) is 0 Å². The number of ether oxygens (including phenoxy) is 1. The molecule has 116 valence electrons. The maximum atomic E-state index is 12.8. The normalized spacial score (nSPS) is 10.7. The van der Waals surface area contributed by atoms with Gasteiger partial charge >= 0.3 is 5.97 Å². The van der Waals surface area contributed by atoms with Crippen LogP contribution >= 0.6 is 0 Å². The van der Waals surface area contributed by atoms with E-state index in [-0.39, 0.29) is 23.4 Å². The van der Waals surface area contributed by atoms with Gasteiger partial charge in [0.05, 0.1) is 12.0 Å². The Balaban J connectivity index is 2.37. The van der Waals surface area contributed by atoms with Crippen molar-refractivity contribution < 1.29 is 13.9 Å². The molecule has 0 radical (unpaired) electrons. The van der Waals surface area contributed by atoms with E-state index in [1.165, 1.54) is 0 Å². The molecule has 2 aromatic carbocycles. The van der Waals surface area contributed by atoms with Crippen LogP contribution < -0.4 is 5.43 Å². The molecule has 0 saturated carbocycles. The zero-order valence-corrected chi connectivity index (χ0v) is 13.0. The number of carbonyl (C=O) groups excluding carboxylic acids is 1. The highest BCUT2D eigenvalue weighted by molar-refractivity contribution is 5.99. The molecule has 4 nitrogen and oxygen atoms in total. The molecule has 0 atom stereocenters. The molecule has 0 N–H and O–H groups in total. The van der Waals surface area contributed by atoms with Crippen LogP contribution in [0.4, 0.5) is 0 Å². The number of fused-ring (bicyclic) bond motifs is 1. The van der Waals surface area contributed by atoms with Gasteiger partial charge in [-0.05, 0) is 31.5 Å². The van der Waals surface area contributed by atoms with Crippen LogP contribution in [0.2, 0.25) is 0 Å². The number of rotatable bonds is 3. The van der Waals surface area contributed by atoms with Crippen LogP contribution in [-0.4, -0.2) is 12.6 Å². The van der Waals surface area contributed by atoms with Crippen molar-refractivity contribution in [2.24, 2.45) is 0 Å². The Bertz CT molecular complexity index is 923. The van der Waals surface area contributed by atoms with E-state index in [9.17, 15) is 9.59 Å². The number of aryl methyl sites for hydroxylation is 1. The topological polar surface area (TPSA) is 56.5 Å². The highest BCUT2D eigenvalue weighted by atomic mass is 16.5. The van der Waals surface area contributed by atoms with Gasteiger partial charge in [-0.1, -0.05) is 36.4 Å². The fraction of sp³-hybridized carbons (Fsp3) is 0.158. The van der Waals surface area contributed by atoms with Crippen LogP contribution in [0, 0.1) is 6.92 Å². The molecule has 0 unspecified atom stereocenters. The second kappa shape index (κ2) is 6.08. The van der Waals surface area contributed by atoms with Crippen molar-refractivity contribution in [2.75, 3.05) is 6.61 Å². The molecule has 0 aliphatic heterocycles. The average Bonchev–Trinajstić information content (AvgIpc) is 2.55. The molecule has 0 bridgehead atoms. The van der Waals surface area contributed by atoms with Crippen molar-refractivity contribution in [1.29, 1.82) is 0 Å². The lowest BCUT2D eigenvalue weighted by molar-refractivity contribution is 0.0524.